The third kappa shape index (κ3) is 3.01. The van der Waals surface area contributed by atoms with E-state index in [0.717, 1.165) is 41.0 Å². The molecule has 4 nitrogen and oxygen atoms in total. The Morgan fingerprint density at radius 2 is 1.96 bits per heavy atom. The molecule has 1 atom stereocenters. The minimum Gasteiger partial charge on any atom is -0.329 e. The van der Waals surface area contributed by atoms with Gasteiger partial charge in [-0.05, 0) is 55.7 Å². The molecule has 124 valence electrons. The fourth-order valence-corrected chi connectivity index (χ4v) is 4.43. The maximum atomic E-state index is 13.0. The number of carbonyl (C=O) groups is 1. The molecule has 2 heterocycles. The lowest BCUT2D eigenvalue weighted by Gasteiger charge is -2.34. The summed E-state index contributed by atoms with van der Waals surface area (Å²) in [7, 11) is 0. The number of nitriles is 1. The fraction of sp³-hybridized carbons (Fsp3) is 0.250. The number of hydrogen-bond donors (Lipinski definition) is 0. The third-order valence-corrected chi connectivity index (χ3v) is 5.76. The van der Waals surface area contributed by atoms with Gasteiger partial charge in [0.25, 0.3) is 5.91 Å². The normalized spacial score (nSPS) is 17.4. The second-order valence-electron chi connectivity index (χ2n) is 6.22. The number of nitrogens with zero attached hydrogens (tertiary/aromatic N) is 3. The third-order valence-electron chi connectivity index (χ3n) is 4.62. The molecule has 4 rings (SSSR count). The molecule has 0 unspecified atom stereocenters. The minimum atomic E-state index is 0.0217. The Labute approximate surface area is 150 Å². The van der Waals surface area contributed by atoms with Gasteiger partial charge < -0.3 is 4.90 Å². The maximum absolute atomic E-state index is 13.0. The topological polar surface area (TPSA) is 57.0 Å². The average Bonchev–Trinajstić information content (AvgIpc) is 3.11. The van der Waals surface area contributed by atoms with Gasteiger partial charge in [0.15, 0.2) is 0 Å². The lowest BCUT2D eigenvalue weighted by atomic mass is 10.0. The van der Waals surface area contributed by atoms with Crippen molar-refractivity contribution in [3.05, 3.63) is 64.7 Å². The van der Waals surface area contributed by atoms with Crippen molar-refractivity contribution in [3.8, 4) is 6.07 Å². The Balaban J connectivity index is 1.66. The van der Waals surface area contributed by atoms with E-state index in [-0.39, 0.29) is 11.9 Å². The van der Waals surface area contributed by atoms with E-state index in [9.17, 15) is 4.79 Å². The highest BCUT2D eigenvalue weighted by Crippen LogP contribution is 2.36. The first-order valence-corrected chi connectivity index (χ1v) is 9.24. The molecule has 1 aliphatic heterocycles. The van der Waals surface area contributed by atoms with Gasteiger partial charge in [-0.3, -0.25) is 4.79 Å². The van der Waals surface area contributed by atoms with Crippen LogP contribution in [0.15, 0.2) is 48.5 Å². The fourth-order valence-electron chi connectivity index (χ4n) is 3.32. The molecule has 0 bridgehead atoms. The molecule has 1 amide bonds. The Bertz CT molecular complexity index is 922. The molecule has 0 saturated carbocycles. The predicted octanol–water partition coefficient (Wildman–Crippen LogP) is 4.54. The summed E-state index contributed by atoms with van der Waals surface area (Å²) in [6, 6.07) is 17.1. The van der Waals surface area contributed by atoms with Crippen molar-refractivity contribution in [1.82, 2.24) is 9.88 Å². The number of carbonyl (C=O) groups excluding carboxylic acids is 1. The number of amides is 1. The van der Waals surface area contributed by atoms with E-state index < -0.39 is 0 Å². The zero-order chi connectivity index (χ0) is 17.2. The highest BCUT2D eigenvalue weighted by molar-refractivity contribution is 7.18. The van der Waals surface area contributed by atoms with E-state index in [2.05, 4.69) is 12.1 Å². The van der Waals surface area contributed by atoms with Crippen LogP contribution in [-0.2, 0) is 0 Å². The predicted molar refractivity (Wildman–Crippen MR) is 98.4 cm³/mol. The summed E-state index contributed by atoms with van der Waals surface area (Å²) in [6.07, 6.45) is 3.07. The smallest absolute Gasteiger partial charge is 0.254 e. The van der Waals surface area contributed by atoms with Crippen molar-refractivity contribution in [3.63, 3.8) is 0 Å². The number of aromatic nitrogens is 1. The largest absolute Gasteiger partial charge is 0.329 e. The summed E-state index contributed by atoms with van der Waals surface area (Å²) in [5.74, 6) is 0.0217. The van der Waals surface area contributed by atoms with Crippen LogP contribution in [0.2, 0.25) is 0 Å². The number of benzene rings is 2. The highest BCUT2D eigenvalue weighted by atomic mass is 32.1. The van der Waals surface area contributed by atoms with Crippen molar-refractivity contribution in [1.29, 1.82) is 5.26 Å². The molecule has 5 heteroatoms. The number of rotatable bonds is 2. The molecule has 0 N–H and O–H groups in total. The quantitative estimate of drug-likeness (QED) is 0.684. The van der Waals surface area contributed by atoms with Crippen molar-refractivity contribution in [2.24, 2.45) is 0 Å². The molecule has 0 radical (unpaired) electrons. The first-order chi connectivity index (χ1) is 12.3. The van der Waals surface area contributed by atoms with Gasteiger partial charge in [-0.2, -0.15) is 5.26 Å². The Kier molecular flexibility index (Phi) is 4.21. The first kappa shape index (κ1) is 15.8. The number of para-hydroxylation sites is 1. The number of hydrogen-bond acceptors (Lipinski definition) is 4. The molecule has 0 spiro atoms. The zero-order valence-corrected chi connectivity index (χ0v) is 14.5. The number of thiazole rings is 1. The zero-order valence-electron chi connectivity index (χ0n) is 13.7. The summed E-state index contributed by atoms with van der Waals surface area (Å²) in [4.78, 5) is 19.7. The minimum absolute atomic E-state index is 0.0217. The summed E-state index contributed by atoms with van der Waals surface area (Å²) < 4.78 is 1.16. The standard InChI is InChI=1S/C20H17N3OS/c21-13-14-8-10-15(11-9-14)20(24)23-12-4-3-6-17(23)19-22-16-5-1-2-7-18(16)25-19/h1-2,5,7-11,17H,3-4,6,12H2/t17-/m1/s1. The van der Waals surface area contributed by atoms with Gasteiger partial charge in [-0.15, -0.1) is 11.3 Å². The molecule has 25 heavy (non-hydrogen) atoms. The summed E-state index contributed by atoms with van der Waals surface area (Å²) in [5.41, 5.74) is 2.20. The second-order valence-corrected chi connectivity index (χ2v) is 7.28. The van der Waals surface area contributed by atoms with E-state index in [0.29, 0.717) is 11.1 Å². The van der Waals surface area contributed by atoms with E-state index >= 15 is 0 Å². The summed E-state index contributed by atoms with van der Waals surface area (Å²) >= 11 is 1.68. The lowest BCUT2D eigenvalue weighted by molar-refractivity contribution is 0.0611. The molecule has 3 aromatic rings. The number of fused-ring (bicyclic) bond motifs is 1. The van der Waals surface area contributed by atoms with Gasteiger partial charge >= 0.3 is 0 Å². The molecule has 0 aliphatic carbocycles. The van der Waals surface area contributed by atoms with Crippen LogP contribution >= 0.6 is 11.3 Å². The van der Waals surface area contributed by atoms with Crippen LogP contribution in [0.3, 0.4) is 0 Å². The highest BCUT2D eigenvalue weighted by Gasteiger charge is 2.30. The van der Waals surface area contributed by atoms with Crippen LogP contribution in [0.25, 0.3) is 10.2 Å². The van der Waals surface area contributed by atoms with E-state index in [1.54, 1.807) is 35.6 Å². The van der Waals surface area contributed by atoms with Crippen LogP contribution in [0.5, 0.6) is 0 Å². The van der Waals surface area contributed by atoms with Crippen LogP contribution in [0.1, 0.15) is 46.2 Å². The van der Waals surface area contributed by atoms with Gasteiger partial charge in [0.2, 0.25) is 0 Å². The molecule has 1 saturated heterocycles. The van der Waals surface area contributed by atoms with Crippen molar-refractivity contribution in [2.45, 2.75) is 25.3 Å². The Hall–Kier alpha value is -2.71. The van der Waals surface area contributed by atoms with Crippen LogP contribution in [0, 0.1) is 11.3 Å². The molecular formula is C20H17N3OS. The monoisotopic (exact) mass is 347 g/mol. The number of likely N-dealkylation sites (tertiary alicyclic amines) is 1. The number of piperidine rings is 1. The summed E-state index contributed by atoms with van der Waals surface area (Å²) in [6.45, 7) is 0.749. The van der Waals surface area contributed by atoms with E-state index in [4.69, 9.17) is 10.2 Å². The van der Waals surface area contributed by atoms with Crippen molar-refractivity contribution >= 4 is 27.5 Å². The van der Waals surface area contributed by atoms with Crippen LogP contribution in [-0.4, -0.2) is 22.3 Å². The van der Waals surface area contributed by atoms with Crippen LogP contribution in [0.4, 0.5) is 0 Å². The van der Waals surface area contributed by atoms with E-state index in [1.165, 1.54) is 0 Å². The van der Waals surface area contributed by atoms with Crippen LogP contribution < -0.4 is 0 Å². The van der Waals surface area contributed by atoms with Crippen molar-refractivity contribution in [2.75, 3.05) is 6.54 Å². The van der Waals surface area contributed by atoms with Gasteiger partial charge in [0, 0.05) is 12.1 Å². The SMILES string of the molecule is N#Cc1ccc(C(=O)N2CCCC[C@@H]2c2nc3ccccc3s2)cc1. The average molecular weight is 347 g/mol. The van der Waals surface area contributed by atoms with Gasteiger partial charge in [-0.1, -0.05) is 12.1 Å². The Morgan fingerprint density at radius 1 is 1.16 bits per heavy atom. The van der Waals surface area contributed by atoms with Gasteiger partial charge in [0.1, 0.15) is 5.01 Å². The first-order valence-electron chi connectivity index (χ1n) is 8.43. The Morgan fingerprint density at radius 3 is 2.72 bits per heavy atom. The molecular weight excluding hydrogens is 330 g/mol. The van der Waals surface area contributed by atoms with Gasteiger partial charge in [0.05, 0.1) is 27.9 Å². The molecule has 2 aromatic carbocycles. The van der Waals surface area contributed by atoms with Crippen molar-refractivity contribution < 1.29 is 4.79 Å². The molecule has 1 aromatic heterocycles. The second kappa shape index (κ2) is 6.66. The maximum Gasteiger partial charge on any atom is 0.254 e. The molecule has 1 aliphatic rings. The summed E-state index contributed by atoms with van der Waals surface area (Å²) in [5, 5.41) is 9.94. The molecule has 1 fully saturated rings. The van der Waals surface area contributed by atoms with Gasteiger partial charge in [-0.25, -0.2) is 4.98 Å². The van der Waals surface area contributed by atoms with E-state index in [1.807, 2.05) is 23.1 Å². The lowest BCUT2D eigenvalue weighted by Crippen LogP contribution is -2.38.